The van der Waals surface area contributed by atoms with Gasteiger partial charge in [0.1, 0.15) is 0 Å². The quantitative estimate of drug-likeness (QED) is 0.740. The van der Waals surface area contributed by atoms with Crippen LogP contribution in [0.15, 0.2) is 30.5 Å². The van der Waals surface area contributed by atoms with E-state index in [1.807, 2.05) is 18.3 Å². The highest BCUT2D eigenvalue weighted by Crippen LogP contribution is 2.38. The van der Waals surface area contributed by atoms with Gasteiger partial charge in [-0.05, 0) is 36.2 Å². The van der Waals surface area contributed by atoms with Crippen molar-refractivity contribution < 1.29 is 5.11 Å². The monoisotopic (exact) mass is 247 g/mol. The van der Waals surface area contributed by atoms with Crippen LogP contribution < -0.4 is 0 Å². The average Bonchev–Trinajstić information content (AvgIpc) is 2.78. The first-order valence-corrected chi connectivity index (χ1v) is 6.18. The molecule has 1 atom stereocenters. The highest BCUT2D eigenvalue weighted by molar-refractivity contribution is 6.30. The lowest BCUT2D eigenvalue weighted by Crippen LogP contribution is -2.11. The zero-order chi connectivity index (χ0) is 12.0. The maximum Gasteiger partial charge on any atom is 0.0691 e. The Morgan fingerprint density at radius 1 is 1.35 bits per heavy atom. The van der Waals surface area contributed by atoms with E-state index < -0.39 is 0 Å². The molecule has 1 heterocycles. The van der Waals surface area contributed by atoms with Gasteiger partial charge in [-0.3, -0.25) is 0 Å². The number of aliphatic hydroxyl groups excluding tert-OH is 1. The molecule has 17 heavy (non-hydrogen) atoms. The Kier molecular flexibility index (Phi) is 2.49. The largest absolute Gasteiger partial charge is 0.392 e. The van der Waals surface area contributed by atoms with Crippen LogP contribution in [0.5, 0.6) is 0 Å². The second kappa shape index (κ2) is 3.90. The van der Waals surface area contributed by atoms with E-state index in [9.17, 15) is 5.11 Å². The van der Waals surface area contributed by atoms with Crippen molar-refractivity contribution in [1.29, 1.82) is 0 Å². The van der Waals surface area contributed by atoms with Crippen molar-refractivity contribution in [3.05, 3.63) is 46.6 Å². The summed E-state index contributed by atoms with van der Waals surface area (Å²) in [6, 6.07) is 8.17. The Bertz CT molecular complexity index is 572. The number of fused-ring (bicyclic) bond motifs is 3. The molecular formula is C14H14ClNO. The van der Waals surface area contributed by atoms with E-state index in [-0.39, 0.29) is 6.10 Å². The summed E-state index contributed by atoms with van der Waals surface area (Å²) in [6.07, 6.45) is 2.67. The predicted molar refractivity (Wildman–Crippen MR) is 69.4 cm³/mol. The molecule has 1 aliphatic rings. The SMILES string of the molecule is CC(O)Cn1ccc2c1-c1cc(Cl)ccc1C2. The van der Waals surface area contributed by atoms with Gasteiger partial charge in [-0.2, -0.15) is 0 Å². The first-order valence-electron chi connectivity index (χ1n) is 5.80. The zero-order valence-electron chi connectivity index (χ0n) is 9.65. The van der Waals surface area contributed by atoms with Crippen molar-refractivity contribution in [2.45, 2.75) is 26.0 Å². The number of hydrogen-bond acceptors (Lipinski definition) is 1. The molecule has 3 heteroatoms. The van der Waals surface area contributed by atoms with E-state index in [1.54, 1.807) is 6.92 Å². The Morgan fingerprint density at radius 2 is 2.18 bits per heavy atom. The number of aliphatic hydroxyl groups is 1. The highest BCUT2D eigenvalue weighted by Gasteiger charge is 2.22. The second-order valence-electron chi connectivity index (χ2n) is 4.67. The molecule has 1 aliphatic carbocycles. The van der Waals surface area contributed by atoms with Crippen LogP contribution in [0.25, 0.3) is 11.3 Å². The van der Waals surface area contributed by atoms with Gasteiger partial charge in [-0.25, -0.2) is 0 Å². The number of halogens is 1. The van der Waals surface area contributed by atoms with Gasteiger partial charge >= 0.3 is 0 Å². The maximum atomic E-state index is 9.51. The number of benzene rings is 1. The van der Waals surface area contributed by atoms with E-state index in [4.69, 9.17) is 11.6 Å². The third-order valence-electron chi connectivity index (χ3n) is 3.22. The van der Waals surface area contributed by atoms with Crippen LogP contribution in [0.4, 0.5) is 0 Å². The fraction of sp³-hybridized carbons (Fsp3) is 0.286. The molecule has 1 unspecified atom stereocenters. The molecule has 3 rings (SSSR count). The van der Waals surface area contributed by atoms with Gasteiger partial charge in [0, 0.05) is 29.7 Å². The minimum Gasteiger partial charge on any atom is -0.392 e. The van der Waals surface area contributed by atoms with Crippen LogP contribution in [-0.4, -0.2) is 15.8 Å². The first-order chi connectivity index (χ1) is 8.15. The lowest BCUT2D eigenvalue weighted by atomic mass is 10.1. The van der Waals surface area contributed by atoms with Crippen molar-refractivity contribution in [3.63, 3.8) is 0 Å². The molecule has 0 saturated carbocycles. The highest BCUT2D eigenvalue weighted by atomic mass is 35.5. The predicted octanol–water partition coefficient (Wildman–Crippen LogP) is 3.09. The van der Waals surface area contributed by atoms with Gasteiger partial charge < -0.3 is 9.67 Å². The third kappa shape index (κ3) is 1.78. The van der Waals surface area contributed by atoms with E-state index in [1.165, 1.54) is 22.4 Å². The summed E-state index contributed by atoms with van der Waals surface area (Å²) >= 11 is 6.06. The number of nitrogens with zero attached hydrogens (tertiary/aromatic N) is 1. The summed E-state index contributed by atoms with van der Waals surface area (Å²) in [4.78, 5) is 0. The summed E-state index contributed by atoms with van der Waals surface area (Å²) in [5, 5.41) is 10.3. The fourth-order valence-corrected chi connectivity index (χ4v) is 2.73. The molecule has 1 aromatic carbocycles. The van der Waals surface area contributed by atoms with E-state index in [0.717, 1.165) is 11.4 Å². The van der Waals surface area contributed by atoms with Crippen molar-refractivity contribution in [1.82, 2.24) is 4.57 Å². The molecule has 2 aromatic rings. The molecule has 0 spiro atoms. The molecule has 0 radical (unpaired) electrons. The van der Waals surface area contributed by atoms with Crippen LogP contribution in [-0.2, 0) is 13.0 Å². The van der Waals surface area contributed by atoms with Gasteiger partial charge in [-0.15, -0.1) is 0 Å². The van der Waals surface area contributed by atoms with Crippen molar-refractivity contribution in [2.75, 3.05) is 0 Å². The second-order valence-corrected chi connectivity index (χ2v) is 5.11. The average molecular weight is 248 g/mol. The van der Waals surface area contributed by atoms with Crippen molar-refractivity contribution in [3.8, 4) is 11.3 Å². The summed E-state index contributed by atoms with van der Waals surface area (Å²) in [7, 11) is 0. The fourth-order valence-electron chi connectivity index (χ4n) is 2.55. The van der Waals surface area contributed by atoms with Gasteiger partial charge in [-0.1, -0.05) is 17.7 Å². The van der Waals surface area contributed by atoms with Crippen LogP contribution in [0, 0.1) is 0 Å². The number of aromatic nitrogens is 1. The minimum absolute atomic E-state index is 0.338. The Morgan fingerprint density at radius 3 is 2.94 bits per heavy atom. The molecule has 0 amide bonds. The number of rotatable bonds is 2. The van der Waals surface area contributed by atoms with Crippen LogP contribution in [0.2, 0.25) is 5.02 Å². The van der Waals surface area contributed by atoms with E-state index >= 15 is 0 Å². The smallest absolute Gasteiger partial charge is 0.0691 e. The molecule has 1 N–H and O–H groups in total. The van der Waals surface area contributed by atoms with Gasteiger partial charge in [0.05, 0.1) is 11.8 Å². The molecule has 2 nitrogen and oxygen atoms in total. The van der Waals surface area contributed by atoms with Crippen molar-refractivity contribution in [2.24, 2.45) is 0 Å². The summed E-state index contributed by atoms with van der Waals surface area (Å²) in [5.74, 6) is 0. The van der Waals surface area contributed by atoms with Crippen LogP contribution >= 0.6 is 11.6 Å². The van der Waals surface area contributed by atoms with Crippen molar-refractivity contribution >= 4 is 11.6 Å². The Hall–Kier alpha value is -1.25. The molecule has 0 fully saturated rings. The van der Waals surface area contributed by atoms with Crippen LogP contribution in [0.3, 0.4) is 0 Å². The Labute approximate surface area is 105 Å². The standard InChI is InChI=1S/C14H14ClNO/c1-9(17)8-16-5-4-11-6-10-2-3-12(15)7-13(10)14(11)16/h2-5,7,9,17H,6,8H2,1H3. The normalized spacial score (nSPS) is 14.5. The topological polar surface area (TPSA) is 25.2 Å². The van der Waals surface area contributed by atoms with Gasteiger partial charge in [0.25, 0.3) is 0 Å². The molecule has 0 bridgehead atoms. The van der Waals surface area contributed by atoms with Gasteiger partial charge in [0.2, 0.25) is 0 Å². The molecule has 0 saturated heterocycles. The lowest BCUT2D eigenvalue weighted by Gasteiger charge is -2.11. The third-order valence-corrected chi connectivity index (χ3v) is 3.45. The molecule has 88 valence electrons. The van der Waals surface area contributed by atoms with E-state index in [2.05, 4.69) is 16.7 Å². The molecule has 1 aromatic heterocycles. The first kappa shape index (κ1) is 10.9. The summed E-state index contributed by atoms with van der Waals surface area (Å²) < 4.78 is 2.11. The number of hydrogen-bond donors (Lipinski definition) is 1. The maximum absolute atomic E-state index is 9.51. The Balaban J connectivity index is 2.12. The summed E-state index contributed by atoms with van der Waals surface area (Å²) in [6.45, 7) is 2.43. The molecule has 0 aliphatic heterocycles. The van der Waals surface area contributed by atoms with Crippen LogP contribution in [0.1, 0.15) is 18.1 Å². The zero-order valence-corrected chi connectivity index (χ0v) is 10.4. The van der Waals surface area contributed by atoms with Gasteiger partial charge in [0.15, 0.2) is 0 Å². The lowest BCUT2D eigenvalue weighted by molar-refractivity contribution is 0.174. The summed E-state index contributed by atoms with van der Waals surface area (Å²) in [5.41, 5.74) is 5.06. The minimum atomic E-state index is -0.338. The van der Waals surface area contributed by atoms with E-state index in [0.29, 0.717) is 6.54 Å². The molecular weight excluding hydrogens is 234 g/mol.